The van der Waals surface area contributed by atoms with Crippen LogP contribution in [-0.4, -0.2) is 35.9 Å². The molecular weight excluding hydrogens is 364 g/mol. The first-order valence-corrected chi connectivity index (χ1v) is 10.4. The van der Waals surface area contributed by atoms with Gasteiger partial charge in [0, 0.05) is 18.7 Å². The molecule has 0 bridgehead atoms. The Hall–Kier alpha value is -2.34. The fraction of sp³-hybridized carbons (Fsp3) is 0.565. The lowest BCUT2D eigenvalue weighted by Gasteiger charge is -2.20. The van der Waals surface area contributed by atoms with Gasteiger partial charge in [0.2, 0.25) is 0 Å². The Morgan fingerprint density at radius 3 is 2.41 bits per heavy atom. The van der Waals surface area contributed by atoms with Crippen LogP contribution in [0.2, 0.25) is 0 Å². The van der Waals surface area contributed by atoms with Crippen molar-refractivity contribution in [1.29, 1.82) is 0 Å². The van der Waals surface area contributed by atoms with Gasteiger partial charge < -0.3 is 20.3 Å². The van der Waals surface area contributed by atoms with Gasteiger partial charge in [-0.3, -0.25) is 4.99 Å². The molecule has 0 saturated carbocycles. The van der Waals surface area contributed by atoms with E-state index in [0.29, 0.717) is 6.54 Å². The molecule has 1 unspecified atom stereocenters. The molecule has 0 aliphatic carbocycles. The van der Waals surface area contributed by atoms with Crippen LogP contribution in [0, 0.1) is 13.8 Å². The molecule has 1 heterocycles. The van der Waals surface area contributed by atoms with Crippen LogP contribution in [0.4, 0.5) is 0 Å². The summed E-state index contributed by atoms with van der Waals surface area (Å²) in [4.78, 5) is 4.54. The van der Waals surface area contributed by atoms with E-state index in [0.717, 1.165) is 48.9 Å². The van der Waals surface area contributed by atoms with Gasteiger partial charge in [0.1, 0.15) is 5.76 Å². The Bertz CT molecular complexity index is 769. The van der Waals surface area contributed by atoms with Gasteiger partial charge in [0.15, 0.2) is 5.96 Å². The van der Waals surface area contributed by atoms with Crippen LogP contribution < -0.4 is 10.6 Å². The van der Waals surface area contributed by atoms with Crippen LogP contribution in [0.15, 0.2) is 33.8 Å². The van der Waals surface area contributed by atoms with Crippen molar-refractivity contribution in [2.24, 2.45) is 4.99 Å². The summed E-state index contributed by atoms with van der Waals surface area (Å²) in [5.74, 6) is 1.61. The van der Waals surface area contributed by atoms with Crippen molar-refractivity contribution in [3.8, 4) is 0 Å². The van der Waals surface area contributed by atoms with Gasteiger partial charge in [0.25, 0.3) is 0 Å². The number of hydrogen-bond donors (Lipinski definition) is 3. The summed E-state index contributed by atoms with van der Waals surface area (Å²) in [5.41, 5.74) is 4.39. The van der Waals surface area contributed by atoms with E-state index in [2.05, 4.69) is 53.7 Å². The molecule has 0 amide bonds. The smallest absolute Gasteiger partial charge is 0.191 e. The quantitative estimate of drug-likeness (QED) is 0.357. The molecule has 0 saturated heterocycles. The molecular formula is C23H36N4O2. The van der Waals surface area contributed by atoms with E-state index in [4.69, 9.17) is 4.52 Å². The molecule has 0 aliphatic heterocycles. The highest BCUT2D eigenvalue weighted by Gasteiger charge is 2.14. The van der Waals surface area contributed by atoms with E-state index >= 15 is 0 Å². The summed E-state index contributed by atoms with van der Waals surface area (Å²) >= 11 is 0. The van der Waals surface area contributed by atoms with E-state index in [1.165, 1.54) is 11.1 Å². The van der Waals surface area contributed by atoms with E-state index in [1.807, 2.05) is 32.9 Å². The van der Waals surface area contributed by atoms with E-state index in [1.54, 1.807) is 0 Å². The summed E-state index contributed by atoms with van der Waals surface area (Å²) in [6.45, 7) is 14.4. The Morgan fingerprint density at radius 1 is 1.17 bits per heavy atom. The highest BCUT2D eigenvalue weighted by atomic mass is 16.5. The molecule has 2 rings (SSSR count). The minimum absolute atomic E-state index is 0.105. The number of guanidine groups is 1. The number of aliphatic imine (C=N–C) groups is 1. The first-order valence-electron chi connectivity index (χ1n) is 10.4. The molecule has 2 aromatic rings. The zero-order valence-corrected chi connectivity index (χ0v) is 18.7. The Balaban J connectivity index is 1.87. The van der Waals surface area contributed by atoms with Crippen molar-refractivity contribution in [3.05, 3.63) is 52.4 Å². The molecule has 0 fully saturated rings. The van der Waals surface area contributed by atoms with Crippen LogP contribution in [0.3, 0.4) is 0 Å². The van der Waals surface area contributed by atoms with Gasteiger partial charge in [-0.2, -0.15) is 0 Å². The predicted octanol–water partition coefficient (Wildman–Crippen LogP) is 3.81. The van der Waals surface area contributed by atoms with Gasteiger partial charge in [-0.1, -0.05) is 50.2 Å². The monoisotopic (exact) mass is 400 g/mol. The Kier molecular flexibility index (Phi) is 8.26. The van der Waals surface area contributed by atoms with E-state index < -0.39 is 6.10 Å². The van der Waals surface area contributed by atoms with Crippen molar-refractivity contribution in [3.63, 3.8) is 0 Å². The number of aliphatic hydroxyl groups excluding tert-OH is 1. The summed E-state index contributed by atoms with van der Waals surface area (Å²) in [6, 6.07) is 8.15. The van der Waals surface area contributed by atoms with Crippen molar-refractivity contribution in [1.82, 2.24) is 15.8 Å². The number of hydrogen-bond acceptors (Lipinski definition) is 4. The van der Waals surface area contributed by atoms with Gasteiger partial charge in [0.05, 0.1) is 18.3 Å². The zero-order valence-electron chi connectivity index (χ0n) is 18.7. The van der Waals surface area contributed by atoms with Gasteiger partial charge in [-0.05, 0) is 50.2 Å². The number of aliphatic hydroxyl groups is 1. The summed E-state index contributed by atoms with van der Waals surface area (Å²) < 4.78 is 5.21. The third kappa shape index (κ3) is 6.89. The second-order valence-corrected chi connectivity index (χ2v) is 8.44. The molecule has 1 aromatic heterocycles. The average Bonchev–Trinajstić information content (AvgIpc) is 3.00. The molecule has 3 N–H and O–H groups in total. The molecule has 0 radical (unpaired) electrons. The minimum Gasteiger partial charge on any atom is -0.386 e. The van der Waals surface area contributed by atoms with Gasteiger partial charge in [-0.15, -0.1) is 0 Å². The lowest BCUT2D eigenvalue weighted by molar-refractivity contribution is 0.187. The first kappa shape index (κ1) is 22.9. The Morgan fingerprint density at radius 2 is 1.86 bits per heavy atom. The van der Waals surface area contributed by atoms with Crippen molar-refractivity contribution in [2.45, 2.75) is 65.9 Å². The minimum atomic E-state index is -0.623. The largest absolute Gasteiger partial charge is 0.386 e. The lowest BCUT2D eigenvalue weighted by Crippen LogP contribution is -2.38. The molecule has 160 valence electrons. The maximum Gasteiger partial charge on any atom is 0.191 e. The van der Waals surface area contributed by atoms with Gasteiger partial charge in [-0.25, -0.2) is 0 Å². The standard InChI is InChI=1S/C23H36N4O2/c1-7-24-22(25-14-8-9-20-16(2)27-29-17(20)3)26-15-21(28)18-10-12-19(13-11-18)23(4,5)6/h10-13,21,28H,7-9,14-15H2,1-6H3,(H2,24,25,26). The summed E-state index contributed by atoms with van der Waals surface area (Å²) in [5, 5.41) is 21.1. The van der Waals surface area contributed by atoms with Crippen LogP contribution in [-0.2, 0) is 11.8 Å². The van der Waals surface area contributed by atoms with Crippen LogP contribution in [0.1, 0.15) is 68.4 Å². The molecule has 1 aromatic carbocycles. The summed E-state index contributed by atoms with van der Waals surface area (Å²) in [7, 11) is 0. The van der Waals surface area contributed by atoms with E-state index in [-0.39, 0.29) is 5.41 Å². The van der Waals surface area contributed by atoms with Crippen LogP contribution in [0.5, 0.6) is 0 Å². The molecule has 0 aliphatic rings. The second kappa shape index (κ2) is 10.4. The van der Waals surface area contributed by atoms with Crippen molar-refractivity contribution in [2.75, 3.05) is 19.6 Å². The number of nitrogens with one attached hydrogen (secondary N) is 2. The fourth-order valence-electron chi connectivity index (χ4n) is 3.16. The molecule has 29 heavy (non-hydrogen) atoms. The average molecular weight is 401 g/mol. The van der Waals surface area contributed by atoms with E-state index in [9.17, 15) is 5.11 Å². The third-order valence-corrected chi connectivity index (χ3v) is 5.01. The van der Waals surface area contributed by atoms with Crippen LogP contribution >= 0.6 is 0 Å². The number of aromatic nitrogens is 1. The fourth-order valence-corrected chi connectivity index (χ4v) is 3.16. The van der Waals surface area contributed by atoms with Crippen molar-refractivity contribution >= 4 is 5.96 Å². The first-order chi connectivity index (χ1) is 13.7. The van der Waals surface area contributed by atoms with Gasteiger partial charge >= 0.3 is 0 Å². The highest BCUT2D eigenvalue weighted by Crippen LogP contribution is 2.24. The Labute approximate surface area is 174 Å². The number of aryl methyl sites for hydroxylation is 2. The SMILES string of the molecule is CCNC(=NCC(O)c1ccc(C(C)(C)C)cc1)NCCCc1c(C)noc1C. The highest BCUT2D eigenvalue weighted by molar-refractivity contribution is 5.79. The molecule has 6 nitrogen and oxygen atoms in total. The second-order valence-electron chi connectivity index (χ2n) is 8.44. The topological polar surface area (TPSA) is 82.7 Å². The third-order valence-electron chi connectivity index (χ3n) is 5.01. The number of benzene rings is 1. The normalized spacial score (nSPS) is 13.4. The lowest BCUT2D eigenvalue weighted by atomic mass is 9.86. The zero-order chi connectivity index (χ0) is 21.4. The molecule has 1 atom stereocenters. The van der Waals surface area contributed by atoms with Crippen LogP contribution in [0.25, 0.3) is 0 Å². The molecule has 6 heteroatoms. The number of nitrogens with zero attached hydrogens (tertiary/aromatic N) is 2. The summed E-state index contributed by atoms with van der Waals surface area (Å²) in [6.07, 6.45) is 1.24. The molecule has 0 spiro atoms. The maximum atomic E-state index is 10.5. The maximum absolute atomic E-state index is 10.5. The van der Waals surface area contributed by atoms with Crippen molar-refractivity contribution < 1.29 is 9.63 Å². The number of rotatable bonds is 8. The predicted molar refractivity (Wildman–Crippen MR) is 118 cm³/mol.